The number of H-pyrrole nitrogens is 1. The van der Waals surface area contributed by atoms with Crippen LogP contribution in [-0.4, -0.2) is 62.9 Å². The van der Waals surface area contributed by atoms with Crippen molar-refractivity contribution < 1.29 is 20.1 Å². The topological polar surface area (TPSA) is 128 Å². The number of hydrogen-bond donors (Lipinski definition) is 4. The van der Waals surface area contributed by atoms with Crippen LogP contribution in [0.25, 0.3) is 0 Å². The maximum atomic E-state index is 12.2. The largest absolute Gasteiger partial charge is 0.394 e. The number of rotatable bonds is 3. The molecule has 122 valence electrons. The Bertz CT molecular complexity index is 650. The average molecular weight is 313 g/mol. The Morgan fingerprint density at radius 2 is 1.91 bits per heavy atom. The lowest BCUT2D eigenvalue weighted by Gasteiger charge is -2.26. The van der Waals surface area contributed by atoms with Crippen LogP contribution in [0, 0.1) is 0 Å². The minimum Gasteiger partial charge on any atom is -0.394 e. The Morgan fingerprint density at radius 1 is 1.23 bits per heavy atom. The summed E-state index contributed by atoms with van der Waals surface area (Å²) < 4.78 is 6.54. The number of anilines is 1. The molecule has 22 heavy (non-hydrogen) atoms. The molecule has 0 aliphatic carbocycles. The van der Waals surface area contributed by atoms with Gasteiger partial charge in [-0.1, -0.05) is 0 Å². The van der Waals surface area contributed by atoms with E-state index in [9.17, 15) is 19.8 Å². The quantitative estimate of drug-likeness (QED) is 0.496. The van der Waals surface area contributed by atoms with Crippen LogP contribution >= 0.6 is 0 Å². The maximum Gasteiger partial charge on any atom is 0.332 e. The summed E-state index contributed by atoms with van der Waals surface area (Å²) in [6.45, 7) is 0.904. The van der Waals surface area contributed by atoms with Crippen LogP contribution in [0.15, 0.2) is 15.7 Å². The molecule has 0 unspecified atom stereocenters. The van der Waals surface area contributed by atoms with Gasteiger partial charge in [0.2, 0.25) is 0 Å². The van der Waals surface area contributed by atoms with Gasteiger partial charge in [0.1, 0.15) is 24.1 Å². The van der Waals surface area contributed by atoms with E-state index >= 15 is 0 Å². The summed E-state index contributed by atoms with van der Waals surface area (Å²) in [4.78, 5) is 27.8. The number of ether oxygens (including phenoxy) is 1. The van der Waals surface area contributed by atoms with Crippen LogP contribution < -0.4 is 16.1 Å². The molecule has 3 heterocycles. The Labute approximate surface area is 125 Å². The smallest absolute Gasteiger partial charge is 0.332 e. The summed E-state index contributed by atoms with van der Waals surface area (Å²) in [6, 6.07) is 1.28. The molecule has 9 heteroatoms. The second-order valence-electron chi connectivity index (χ2n) is 5.59. The lowest BCUT2D eigenvalue weighted by Crippen LogP contribution is -2.41. The van der Waals surface area contributed by atoms with Crippen LogP contribution in [0.4, 0.5) is 5.82 Å². The molecule has 2 aliphatic heterocycles. The third kappa shape index (κ3) is 2.45. The van der Waals surface area contributed by atoms with Crippen molar-refractivity contribution in [3.8, 4) is 0 Å². The molecule has 2 aliphatic rings. The molecular weight excluding hydrogens is 294 g/mol. The average Bonchev–Trinajstić information content (AvgIpc) is 3.09. The first-order valence-electron chi connectivity index (χ1n) is 7.26. The van der Waals surface area contributed by atoms with Crippen LogP contribution in [0.3, 0.4) is 0 Å². The second kappa shape index (κ2) is 5.84. The van der Waals surface area contributed by atoms with Gasteiger partial charge >= 0.3 is 5.69 Å². The normalized spacial score (nSPS) is 31.9. The van der Waals surface area contributed by atoms with Crippen molar-refractivity contribution in [2.45, 2.75) is 37.4 Å². The van der Waals surface area contributed by atoms with E-state index in [2.05, 4.69) is 4.98 Å². The summed E-state index contributed by atoms with van der Waals surface area (Å²) in [6.07, 6.45) is -2.94. The van der Waals surface area contributed by atoms with Crippen LogP contribution in [0.2, 0.25) is 0 Å². The highest BCUT2D eigenvalue weighted by atomic mass is 16.6. The highest BCUT2D eigenvalue weighted by Gasteiger charge is 2.44. The van der Waals surface area contributed by atoms with Gasteiger partial charge in [0.15, 0.2) is 6.23 Å². The molecule has 3 rings (SSSR count). The molecule has 0 radical (unpaired) electrons. The molecule has 2 fully saturated rings. The van der Waals surface area contributed by atoms with Crippen LogP contribution in [-0.2, 0) is 4.74 Å². The predicted molar refractivity (Wildman–Crippen MR) is 75.8 cm³/mol. The van der Waals surface area contributed by atoms with Crippen molar-refractivity contribution in [2.75, 3.05) is 24.6 Å². The number of aliphatic hydroxyl groups excluding tert-OH is 3. The number of nitrogens with zero attached hydrogens (tertiary/aromatic N) is 2. The Morgan fingerprint density at radius 3 is 2.50 bits per heavy atom. The fraction of sp³-hybridized carbons (Fsp3) is 0.692. The maximum absolute atomic E-state index is 12.2. The number of aromatic amines is 1. The van der Waals surface area contributed by atoms with E-state index < -0.39 is 42.4 Å². The number of hydrogen-bond acceptors (Lipinski definition) is 7. The van der Waals surface area contributed by atoms with Crippen molar-refractivity contribution in [3.05, 3.63) is 26.9 Å². The number of aromatic nitrogens is 2. The van der Waals surface area contributed by atoms with Gasteiger partial charge in [0.05, 0.1) is 6.61 Å². The van der Waals surface area contributed by atoms with Gasteiger partial charge in [-0.2, -0.15) is 0 Å². The molecule has 4 atom stereocenters. The van der Waals surface area contributed by atoms with Crippen molar-refractivity contribution >= 4 is 5.82 Å². The van der Waals surface area contributed by atoms with E-state index in [-0.39, 0.29) is 0 Å². The molecule has 0 saturated carbocycles. The van der Waals surface area contributed by atoms with E-state index in [1.807, 2.05) is 4.90 Å². The lowest BCUT2D eigenvalue weighted by molar-refractivity contribution is -0.0542. The Hall–Kier alpha value is -1.68. The molecule has 0 aromatic carbocycles. The zero-order valence-corrected chi connectivity index (χ0v) is 11.9. The molecule has 4 N–H and O–H groups in total. The monoisotopic (exact) mass is 313 g/mol. The van der Waals surface area contributed by atoms with E-state index in [1.54, 1.807) is 0 Å². The fourth-order valence-electron chi connectivity index (χ4n) is 3.02. The van der Waals surface area contributed by atoms with Gasteiger partial charge in [-0.15, -0.1) is 0 Å². The SMILES string of the molecule is O=c1cc(N2CCCC2)n([C@@H]2O[C@H](CO)[C@@H](O)[C@H]2O)c(=O)[nH]1. The van der Waals surface area contributed by atoms with E-state index in [4.69, 9.17) is 9.84 Å². The molecule has 2 saturated heterocycles. The summed E-state index contributed by atoms with van der Waals surface area (Å²) in [5.74, 6) is 0.348. The third-order valence-corrected chi connectivity index (χ3v) is 4.16. The van der Waals surface area contributed by atoms with Crippen molar-refractivity contribution in [2.24, 2.45) is 0 Å². The highest BCUT2D eigenvalue weighted by Crippen LogP contribution is 2.31. The van der Waals surface area contributed by atoms with Gasteiger partial charge in [-0.05, 0) is 12.8 Å². The minimum absolute atomic E-state index is 0.348. The highest BCUT2D eigenvalue weighted by molar-refractivity contribution is 5.40. The first-order chi connectivity index (χ1) is 10.5. The van der Waals surface area contributed by atoms with Crippen molar-refractivity contribution in [1.29, 1.82) is 0 Å². The van der Waals surface area contributed by atoms with Crippen molar-refractivity contribution in [3.63, 3.8) is 0 Å². The van der Waals surface area contributed by atoms with Crippen LogP contribution in [0.5, 0.6) is 0 Å². The van der Waals surface area contributed by atoms with Gasteiger partial charge in [-0.3, -0.25) is 9.78 Å². The van der Waals surface area contributed by atoms with E-state index in [0.717, 1.165) is 17.4 Å². The van der Waals surface area contributed by atoms with E-state index in [1.165, 1.54) is 6.07 Å². The van der Waals surface area contributed by atoms with Crippen molar-refractivity contribution in [1.82, 2.24) is 9.55 Å². The van der Waals surface area contributed by atoms with E-state index in [0.29, 0.717) is 18.9 Å². The Balaban J connectivity index is 2.06. The summed E-state index contributed by atoms with van der Waals surface area (Å²) >= 11 is 0. The molecule has 0 bridgehead atoms. The molecular formula is C13H19N3O6. The summed E-state index contributed by atoms with van der Waals surface area (Å²) in [7, 11) is 0. The zero-order chi connectivity index (χ0) is 15.9. The zero-order valence-electron chi connectivity index (χ0n) is 11.9. The first-order valence-corrected chi connectivity index (χ1v) is 7.26. The number of nitrogens with one attached hydrogen (secondary N) is 1. The third-order valence-electron chi connectivity index (χ3n) is 4.16. The molecule has 0 amide bonds. The van der Waals surface area contributed by atoms with Crippen LogP contribution in [0.1, 0.15) is 19.1 Å². The molecule has 1 aromatic heterocycles. The standard InChI is InChI=1S/C13H19N3O6/c17-6-7-10(19)11(20)12(22-7)16-9(15-3-1-2-4-15)5-8(18)14-13(16)21/h5,7,10-12,17,19-20H,1-4,6H2,(H,14,18,21)/t7-,10-,11-,12-/m1/s1. The summed E-state index contributed by atoms with van der Waals surface area (Å²) in [5, 5.41) is 29.1. The Kier molecular flexibility index (Phi) is 4.04. The second-order valence-corrected chi connectivity index (χ2v) is 5.59. The lowest BCUT2D eigenvalue weighted by atomic mass is 10.1. The molecule has 0 spiro atoms. The first kappa shape index (κ1) is 15.2. The van der Waals surface area contributed by atoms with Gasteiger partial charge in [0.25, 0.3) is 5.56 Å². The fourth-order valence-corrected chi connectivity index (χ4v) is 3.02. The number of aliphatic hydroxyl groups is 3. The van der Waals surface area contributed by atoms with Gasteiger partial charge in [0, 0.05) is 19.2 Å². The van der Waals surface area contributed by atoms with Gasteiger partial charge in [-0.25, -0.2) is 9.36 Å². The van der Waals surface area contributed by atoms with Gasteiger partial charge < -0.3 is 25.0 Å². The minimum atomic E-state index is -1.37. The predicted octanol–water partition coefficient (Wildman–Crippen LogP) is -2.25. The summed E-state index contributed by atoms with van der Waals surface area (Å²) in [5.41, 5.74) is -1.25. The molecule has 1 aromatic rings. The molecule has 9 nitrogen and oxygen atoms in total.